The number of nitrogens with one attached hydrogen (secondary N) is 1. The second-order valence-corrected chi connectivity index (χ2v) is 3.47. The molecule has 0 radical (unpaired) electrons. The highest BCUT2D eigenvalue weighted by Crippen LogP contribution is 2.31. The Balaban J connectivity index is 2.57. The number of terminal acetylenes is 1. The first-order chi connectivity index (χ1) is 5.19. The zero-order valence-corrected chi connectivity index (χ0v) is 6.93. The largest absolute Gasteiger partial charge is 0.380 e. The van der Waals surface area contributed by atoms with E-state index in [0.29, 0.717) is 0 Å². The van der Waals surface area contributed by atoms with Crippen LogP contribution in [-0.2, 0) is 0 Å². The van der Waals surface area contributed by atoms with Crippen molar-refractivity contribution >= 4 is 0 Å². The molecule has 1 atom stereocenters. The third-order valence-electron chi connectivity index (χ3n) is 2.56. The van der Waals surface area contributed by atoms with Crippen molar-refractivity contribution in [3.63, 3.8) is 0 Å². The number of piperidine rings is 1. The van der Waals surface area contributed by atoms with Crippen LogP contribution in [0.4, 0.5) is 0 Å². The van der Waals surface area contributed by atoms with Crippen LogP contribution in [-0.4, -0.2) is 24.3 Å². The number of hydrogen-bond donors (Lipinski definition) is 2. The molecule has 0 aromatic rings. The molecule has 2 N–H and O–H groups in total. The molecule has 2 heteroatoms. The summed E-state index contributed by atoms with van der Waals surface area (Å²) in [6.07, 6.45) is 6.53. The molecular formula is C9H15NO. The Labute approximate surface area is 68.0 Å². The molecule has 0 amide bonds. The molecule has 1 saturated heterocycles. The van der Waals surface area contributed by atoms with Crippen LogP contribution in [0.15, 0.2) is 0 Å². The fraction of sp³-hybridized carbons (Fsp3) is 0.778. The minimum Gasteiger partial charge on any atom is -0.380 e. The average Bonchev–Trinajstić information content (AvgIpc) is 2.04. The lowest BCUT2D eigenvalue weighted by atomic mass is 9.76. The summed E-state index contributed by atoms with van der Waals surface area (Å²) in [4.78, 5) is 0. The van der Waals surface area contributed by atoms with Crippen LogP contribution in [0.1, 0.15) is 19.8 Å². The summed E-state index contributed by atoms with van der Waals surface area (Å²) < 4.78 is 0. The molecule has 2 nitrogen and oxygen atoms in total. The van der Waals surface area contributed by atoms with Crippen molar-refractivity contribution < 1.29 is 5.11 Å². The van der Waals surface area contributed by atoms with Gasteiger partial charge in [0.25, 0.3) is 0 Å². The van der Waals surface area contributed by atoms with Crippen molar-refractivity contribution in [2.75, 3.05) is 13.1 Å². The molecule has 0 aromatic carbocycles. The van der Waals surface area contributed by atoms with Gasteiger partial charge >= 0.3 is 0 Å². The zero-order chi connectivity index (χ0) is 8.32. The number of rotatable bonds is 1. The summed E-state index contributed by atoms with van der Waals surface area (Å²) in [5, 5.41) is 12.7. The summed E-state index contributed by atoms with van der Waals surface area (Å²) in [5.74, 6) is 2.40. The van der Waals surface area contributed by atoms with Gasteiger partial charge in [0.1, 0.15) is 6.10 Å². The van der Waals surface area contributed by atoms with E-state index in [1.54, 1.807) is 0 Å². The van der Waals surface area contributed by atoms with E-state index in [1.807, 2.05) is 0 Å². The maximum atomic E-state index is 9.48. The van der Waals surface area contributed by atoms with E-state index >= 15 is 0 Å². The highest BCUT2D eigenvalue weighted by atomic mass is 16.3. The van der Waals surface area contributed by atoms with E-state index in [4.69, 9.17) is 6.42 Å². The Hall–Kier alpha value is -0.520. The fourth-order valence-electron chi connectivity index (χ4n) is 1.47. The number of hydrogen-bond acceptors (Lipinski definition) is 2. The van der Waals surface area contributed by atoms with Crippen molar-refractivity contribution in [2.45, 2.75) is 25.9 Å². The van der Waals surface area contributed by atoms with Gasteiger partial charge in [-0.05, 0) is 25.9 Å². The van der Waals surface area contributed by atoms with Crippen molar-refractivity contribution in [1.82, 2.24) is 5.32 Å². The van der Waals surface area contributed by atoms with Crippen molar-refractivity contribution in [2.24, 2.45) is 5.41 Å². The molecule has 1 fully saturated rings. The van der Waals surface area contributed by atoms with Gasteiger partial charge in [-0.1, -0.05) is 12.8 Å². The van der Waals surface area contributed by atoms with Crippen LogP contribution in [0.5, 0.6) is 0 Å². The molecule has 1 aliphatic heterocycles. The van der Waals surface area contributed by atoms with E-state index in [1.165, 1.54) is 0 Å². The lowest BCUT2D eigenvalue weighted by molar-refractivity contribution is 0.0565. The second kappa shape index (κ2) is 3.25. The molecule has 0 spiro atoms. The van der Waals surface area contributed by atoms with Gasteiger partial charge in [-0.15, -0.1) is 6.42 Å². The van der Waals surface area contributed by atoms with Crippen molar-refractivity contribution in [3.05, 3.63) is 0 Å². The predicted molar refractivity (Wildman–Crippen MR) is 45.1 cm³/mol. The third kappa shape index (κ3) is 1.74. The lowest BCUT2D eigenvalue weighted by Crippen LogP contribution is -2.41. The van der Waals surface area contributed by atoms with E-state index < -0.39 is 6.10 Å². The Bertz CT molecular complexity index is 165. The van der Waals surface area contributed by atoms with Gasteiger partial charge in [0.05, 0.1) is 0 Å². The third-order valence-corrected chi connectivity index (χ3v) is 2.56. The number of aliphatic hydroxyl groups is 1. The molecule has 0 saturated carbocycles. The Morgan fingerprint density at radius 2 is 2.09 bits per heavy atom. The maximum Gasteiger partial charge on any atom is 0.119 e. The second-order valence-electron chi connectivity index (χ2n) is 3.47. The van der Waals surface area contributed by atoms with Crippen molar-refractivity contribution in [1.29, 1.82) is 0 Å². The summed E-state index contributed by atoms with van der Waals surface area (Å²) in [5.41, 5.74) is -0.0556. The Morgan fingerprint density at radius 1 is 1.55 bits per heavy atom. The smallest absolute Gasteiger partial charge is 0.119 e. The molecule has 1 unspecified atom stereocenters. The molecule has 0 bridgehead atoms. The lowest BCUT2D eigenvalue weighted by Gasteiger charge is -2.35. The highest BCUT2D eigenvalue weighted by Gasteiger charge is 2.32. The van der Waals surface area contributed by atoms with Gasteiger partial charge in [0.15, 0.2) is 0 Å². The van der Waals surface area contributed by atoms with Gasteiger partial charge in [-0.3, -0.25) is 0 Å². The van der Waals surface area contributed by atoms with E-state index in [9.17, 15) is 5.11 Å². The SMILES string of the molecule is C#CC(O)C1(C)CCNCC1. The Morgan fingerprint density at radius 3 is 2.55 bits per heavy atom. The standard InChI is InChI=1S/C9H15NO/c1-3-8(11)9(2)4-6-10-7-5-9/h1,8,10-11H,4-7H2,2H3. The van der Waals surface area contributed by atoms with Crippen molar-refractivity contribution in [3.8, 4) is 12.3 Å². The topological polar surface area (TPSA) is 32.3 Å². The van der Waals surface area contributed by atoms with Crippen LogP contribution in [0.25, 0.3) is 0 Å². The van der Waals surface area contributed by atoms with E-state index in [-0.39, 0.29) is 5.41 Å². The zero-order valence-electron chi connectivity index (χ0n) is 6.93. The van der Waals surface area contributed by atoms with Crippen LogP contribution in [0.3, 0.4) is 0 Å². The van der Waals surface area contributed by atoms with Crippen LogP contribution in [0, 0.1) is 17.8 Å². The van der Waals surface area contributed by atoms with E-state index in [0.717, 1.165) is 25.9 Å². The van der Waals surface area contributed by atoms with Gasteiger partial charge in [-0.2, -0.15) is 0 Å². The molecule has 62 valence electrons. The maximum absolute atomic E-state index is 9.48. The van der Waals surface area contributed by atoms with Gasteiger partial charge < -0.3 is 10.4 Å². The molecule has 0 aliphatic carbocycles. The molecule has 1 aliphatic rings. The predicted octanol–water partition coefficient (Wildman–Crippen LogP) is 0.370. The van der Waals surface area contributed by atoms with Gasteiger partial charge in [-0.25, -0.2) is 0 Å². The van der Waals surface area contributed by atoms with Crippen LogP contribution in [0.2, 0.25) is 0 Å². The summed E-state index contributed by atoms with van der Waals surface area (Å²) in [7, 11) is 0. The first kappa shape index (κ1) is 8.58. The number of aliphatic hydroxyl groups excluding tert-OH is 1. The normalized spacial score (nSPS) is 25.5. The Kier molecular flexibility index (Phi) is 2.53. The molecule has 0 aromatic heterocycles. The summed E-state index contributed by atoms with van der Waals surface area (Å²) in [6, 6.07) is 0. The van der Waals surface area contributed by atoms with E-state index in [2.05, 4.69) is 18.2 Å². The van der Waals surface area contributed by atoms with Crippen LogP contribution >= 0.6 is 0 Å². The van der Waals surface area contributed by atoms with Gasteiger partial charge in [0, 0.05) is 5.41 Å². The quantitative estimate of drug-likeness (QED) is 0.533. The first-order valence-corrected chi connectivity index (χ1v) is 4.04. The highest BCUT2D eigenvalue weighted by molar-refractivity contribution is 5.03. The molecule has 11 heavy (non-hydrogen) atoms. The molecule has 1 rings (SSSR count). The monoisotopic (exact) mass is 153 g/mol. The molecular weight excluding hydrogens is 138 g/mol. The van der Waals surface area contributed by atoms with Crippen LogP contribution < -0.4 is 5.32 Å². The average molecular weight is 153 g/mol. The minimum absolute atomic E-state index is 0.0556. The summed E-state index contributed by atoms with van der Waals surface area (Å²) in [6.45, 7) is 3.99. The minimum atomic E-state index is -0.579. The fourth-order valence-corrected chi connectivity index (χ4v) is 1.47. The van der Waals surface area contributed by atoms with Gasteiger partial charge in [0.2, 0.25) is 0 Å². The first-order valence-electron chi connectivity index (χ1n) is 4.04. The summed E-state index contributed by atoms with van der Waals surface area (Å²) >= 11 is 0. The molecule has 1 heterocycles.